The van der Waals surface area contributed by atoms with Gasteiger partial charge in [-0.3, -0.25) is 0 Å². The van der Waals surface area contributed by atoms with Gasteiger partial charge in [0.05, 0.1) is 6.26 Å². The summed E-state index contributed by atoms with van der Waals surface area (Å²) in [5.74, 6) is 0. The quantitative estimate of drug-likeness (QED) is 0.899. The molecule has 1 aliphatic heterocycles. The van der Waals surface area contributed by atoms with E-state index in [9.17, 15) is 8.42 Å². The molecule has 1 unspecified atom stereocenters. The predicted molar refractivity (Wildman–Crippen MR) is 75.3 cm³/mol. The third-order valence-electron chi connectivity index (χ3n) is 3.45. The fourth-order valence-corrected chi connectivity index (χ4v) is 4.34. The molecule has 2 rings (SSSR count). The lowest BCUT2D eigenvalue weighted by Crippen LogP contribution is -2.41. The van der Waals surface area contributed by atoms with Crippen LogP contribution in [-0.4, -0.2) is 38.1 Å². The van der Waals surface area contributed by atoms with Crippen molar-refractivity contribution in [3.05, 3.63) is 22.4 Å². The molecule has 102 valence electrons. The first-order chi connectivity index (χ1) is 8.48. The molecular weight excluding hydrogens is 268 g/mol. The summed E-state index contributed by atoms with van der Waals surface area (Å²) in [5, 5.41) is 7.62. The van der Waals surface area contributed by atoms with Gasteiger partial charge < -0.3 is 5.32 Å². The highest BCUT2D eigenvalue weighted by Gasteiger charge is 2.31. The maximum absolute atomic E-state index is 11.6. The second kappa shape index (κ2) is 5.69. The van der Waals surface area contributed by atoms with E-state index in [0.717, 1.165) is 19.4 Å². The zero-order valence-electron chi connectivity index (χ0n) is 10.8. The number of hydrogen-bond acceptors (Lipinski definition) is 4. The van der Waals surface area contributed by atoms with Crippen molar-refractivity contribution in [2.75, 3.05) is 19.3 Å². The molecule has 1 aromatic heterocycles. The van der Waals surface area contributed by atoms with Gasteiger partial charge in [-0.25, -0.2) is 8.42 Å². The van der Waals surface area contributed by atoms with Crippen LogP contribution in [0, 0.1) is 0 Å². The summed E-state index contributed by atoms with van der Waals surface area (Å²) in [5.41, 5.74) is 1.27. The highest BCUT2D eigenvalue weighted by molar-refractivity contribution is 7.88. The van der Waals surface area contributed by atoms with Crippen molar-refractivity contribution < 1.29 is 8.42 Å². The van der Waals surface area contributed by atoms with Gasteiger partial charge in [0, 0.05) is 25.2 Å². The summed E-state index contributed by atoms with van der Waals surface area (Å²) in [6.45, 7) is 3.50. The van der Waals surface area contributed by atoms with Crippen LogP contribution in [0.3, 0.4) is 0 Å². The Morgan fingerprint density at radius 3 is 3.00 bits per heavy atom. The molecule has 0 saturated carbocycles. The van der Waals surface area contributed by atoms with Crippen molar-refractivity contribution in [2.45, 2.75) is 31.8 Å². The van der Waals surface area contributed by atoms with Gasteiger partial charge in [0.15, 0.2) is 0 Å². The van der Waals surface area contributed by atoms with E-state index in [2.05, 4.69) is 29.1 Å². The first-order valence-electron chi connectivity index (χ1n) is 6.21. The lowest BCUT2D eigenvalue weighted by Gasteiger charge is -2.24. The second-order valence-corrected chi connectivity index (χ2v) is 7.57. The number of sulfonamides is 1. The predicted octanol–water partition coefficient (Wildman–Crippen LogP) is 1.82. The summed E-state index contributed by atoms with van der Waals surface area (Å²) in [4.78, 5) is 0. The number of rotatable bonds is 5. The van der Waals surface area contributed by atoms with Gasteiger partial charge in [-0.2, -0.15) is 15.6 Å². The van der Waals surface area contributed by atoms with E-state index in [-0.39, 0.29) is 12.1 Å². The van der Waals surface area contributed by atoms with E-state index < -0.39 is 10.0 Å². The van der Waals surface area contributed by atoms with Crippen molar-refractivity contribution in [1.82, 2.24) is 9.62 Å². The molecule has 0 aliphatic carbocycles. The summed E-state index contributed by atoms with van der Waals surface area (Å²) in [6, 6.07) is 2.49. The number of thiophene rings is 1. The Balaban J connectivity index is 1.90. The fourth-order valence-electron chi connectivity index (χ4n) is 2.40. The van der Waals surface area contributed by atoms with Crippen molar-refractivity contribution in [3.63, 3.8) is 0 Å². The summed E-state index contributed by atoms with van der Waals surface area (Å²) in [7, 11) is -3.06. The molecule has 2 heterocycles. The minimum Gasteiger partial charge on any atom is -0.309 e. The third kappa shape index (κ3) is 3.32. The molecule has 6 heteroatoms. The first-order valence-corrected chi connectivity index (χ1v) is 9.00. The normalized spacial score (nSPS) is 23.3. The highest BCUT2D eigenvalue weighted by Crippen LogP contribution is 2.21. The number of hydrogen-bond donors (Lipinski definition) is 1. The highest BCUT2D eigenvalue weighted by atomic mass is 32.2. The summed E-state index contributed by atoms with van der Waals surface area (Å²) in [6.07, 6.45) is 3.22. The molecular formula is C12H20N2O2S2. The second-order valence-electron chi connectivity index (χ2n) is 4.86. The van der Waals surface area contributed by atoms with E-state index >= 15 is 0 Å². The molecule has 0 spiro atoms. The maximum atomic E-state index is 11.6. The van der Waals surface area contributed by atoms with Crippen molar-refractivity contribution in [1.29, 1.82) is 0 Å². The number of nitrogens with one attached hydrogen (secondary N) is 1. The maximum Gasteiger partial charge on any atom is 0.211 e. The Bertz CT molecular complexity index is 470. The molecule has 0 aromatic carbocycles. The van der Waals surface area contributed by atoms with Crippen molar-refractivity contribution in [3.8, 4) is 0 Å². The first kappa shape index (κ1) is 14.0. The van der Waals surface area contributed by atoms with E-state index in [1.54, 1.807) is 15.6 Å². The fraction of sp³-hybridized carbons (Fsp3) is 0.667. The molecule has 0 amide bonds. The Morgan fingerprint density at radius 1 is 1.61 bits per heavy atom. The molecule has 1 aromatic rings. The van der Waals surface area contributed by atoms with Gasteiger partial charge in [0.25, 0.3) is 0 Å². The smallest absolute Gasteiger partial charge is 0.211 e. The average Bonchev–Trinajstić information content (AvgIpc) is 2.95. The van der Waals surface area contributed by atoms with Gasteiger partial charge in [-0.05, 0) is 42.2 Å². The monoisotopic (exact) mass is 288 g/mol. The SMILES string of the molecule is CC(NC[C@H]1CCCN1S(C)(=O)=O)c1ccsc1. The van der Waals surface area contributed by atoms with Gasteiger partial charge >= 0.3 is 0 Å². The zero-order chi connectivity index (χ0) is 13.2. The zero-order valence-corrected chi connectivity index (χ0v) is 12.4. The Kier molecular flexibility index (Phi) is 4.42. The van der Waals surface area contributed by atoms with E-state index in [4.69, 9.17) is 0 Å². The van der Waals surface area contributed by atoms with Crippen LogP contribution in [-0.2, 0) is 10.0 Å². The van der Waals surface area contributed by atoms with Crippen molar-refractivity contribution >= 4 is 21.4 Å². The molecule has 1 saturated heterocycles. The number of nitrogens with zero attached hydrogens (tertiary/aromatic N) is 1. The largest absolute Gasteiger partial charge is 0.309 e. The van der Waals surface area contributed by atoms with E-state index in [0.29, 0.717) is 6.54 Å². The van der Waals surface area contributed by atoms with Gasteiger partial charge in [0.1, 0.15) is 0 Å². The van der Waals surface area contributed by atoms with Crippen LogP contribution in [0.15, 0.2) is 16.8 Å². The Hall–Kier alpha value is -0.430. The molecule has 2 atom stereocenters. The van der Waals surface area contributed by atoms with Crippen LogP contribution in [0.5, 0.6) is 0 Å². The van der Waals surface area contributed by atoms with Crippen LogP contribution in [0.1, 0.15) is 31.4 Å². The van der Waals surface area contributed by atoms with Crippen LogP contribution in [0.25, 0.3) is 0 Å². The van der Waals surface area contributed by atoms with Crippen LogP contribution >= 0.6 is 11.3 Å². The molecule has 1 aliphatic rings. The van der Waals surface area contributed by atoms with Crippen molar-refractivity contribution in [2.24, 2.45) is 0 Å². The molecule has 18 heavy (non-hydrogen) atoms. The molecule has 4 nitrogen and oxygen atoms in total. The molecule has 1 fully saturated rings. The lowest BCUT2D eigenvalue weighted by atomic mass is 10.1. The summed E-state index contributed by atoms with van der Waals surface area (Å²) >= 11 is 1.68. The Morgan fingerprint density at radius 2 is 2.39 bits per heavy atom. The van der Waals surface area contributed by atoms with E-state index in [1.807, 2.05) is 0 Å². The Labute approximate surface area is 113 Å². The van der Waals surface area contributed by atoms with Gasteiger partial charge in [-0.15, -0.1) is 0 Å². The topological polar surface area (TPSA) is 49.4 Å². The minimum atomic E-state index is -3.06. The van der Waals surface area contributed by atoms with Crippen LogP contribution in [0.4, 0.5) is 0 Å². The lowest BCUT2D eigenvalue weighted by molar-refractivity contribution is 0.363. The summed E-state index contributed by atoms with van der Waals surface area (Å²) < 4.78 is 24.9. The molecule has 0 bridgehead atoms. The van der Waals surface area contributed by atoms with Gasteiger partial charge in [0.2, 0.25) is 10.0 Å². The molecule has 1 N–H and O–H groups in total. The van der Waals surface area contributed by atoms with Gasteiger partial charge in [-0.1, -0.05) is 0 Å². The van der Waals surface area contributed by atoms with E-state index in [1.165, 1.54) is 11.8 Å². The third-order valence-corrected chi connectivity index (χ3v) is 5.49. The standard InChI is InChI=1S/C12H20N2O2S2/c1-10(11-5-7-17-9-11)13-8-12-4-3-6-14(12)18(2,15)16/h5,7,9-10,12-13H,3-4,6,8H2,1-2H3/t10?,12-/m1/s1. The van der Waals surface area contributed by atoms with Crippen LogP contribution < -0.4 is 5.32 Å². The minimum absolute atomic E-state index is 0.112. The molecule has 0 radical (unpaired) electrons. The van der Waals surface area contributed by atoms with Crippen LogP contribution in [0.2, 0.25) is 0 Å². The average molecular weight is 288 g/mol.